The van der Waals surface area contributed by atoms with Gasteiger partial charge in [0.1, 0.15) is 30.6 Å². The molecule has 0 bridgehead atoms. The molecule has 12 heteroatoms. The minimum Gasteiger partial charge on any atom is -0.463 e. The van der Waals surface area contributed by atoms with Gasteiger partial charge in [-0.05, 0) is 19.1 Å². The summed E-state index contributed by atoms with van der Waals surface area (Å²) in [4.78, 5) is 59.1. The maximum Gasteiger partial charge on any atom is 0.331 e. The highest BCUT2D eigenvalue weighted by Crippen LogP contribution is 2.33. The van der Waals surface area contributed by atoms with E-state index in [4.69, 9.17) is 28.4 Å². The molecule has 1 amide bonds. The van der Waals surface area contributed by atoms with Crippen molar-refractivity contribution >= 4 is 29.8 Å². The zero-order valence-corrected chi connectivity index (χ0v) is 20.5. The highest BCUT2D eigenvalue weighted by atomic mass is 16.7. The molecule has 0 spiro atoms. The van der Waals surface area contributed by atoms with Crippen molar-refractivity contribution in [1.82, 2.24) is 5.32 Å². The van der Waals surface area contributed by atoms with E-state index in [1.54, 1.807) is 18.2 Å². The van der Waals surface area contributed by atoms with Gasteiger partial charge in [-0.25, -0.2) is 4.79 Å². The van der Waals surface area contributed by atoms with Crippen molar-refractivity contribution in [2.45, 2.75) is 71.4 Å². The van der Waals surface area contributed by atoms with Crippen molar-refractivity contribution in [3.05, 3.63) is 35.6 Å². The Hall–Kier alpha value is -3.67. The van der Waals surface area contributed by atoms with Gasteiger partial charge in [-0.3, -0.25) is 19.2 Å². The monoisotopic (exact) mass is 507 g/mol. The van der Waals surface area contributed by atoms with E-state index >= 15 is 0 Å². The number of hydrogen-bond acceptors (Lipinski definition) is 11. The summed E-state index contributed by atoms with van der Waals surface area (Å²) in [5.74, 6) is -2.91. The molecule has 196 valence electrons. The fraction of sp³-hybridized carbons (Fsp3) is 0.542. The first-order valence-corrected chi connectivity index (χ1v) is 11.3. The van der Waals surface area contributed by atoms with Crippen LogP contribution in [0.15, 0.2) is 35.6 Å². The molecule has 1 aliphatic carbocycles. The zero-order valence-electron chi connectivity index (χ0n) is 20.5. The van der Waals surface area contributed by atoms with Gasteiger partial charge in [0, 0.05) is 39.7 Å². The van der Waals surface area contributed by atoms with E-state index in [0.29, 0.717) is 0 Å². The van der Waals surface area contributed by atoms with E-state index in [2.05, 4.69) is 5.32 Å². The average Bonchev–Trinajstić information content (AvgIpc) is 2.75. The summed E-state index contributed by atoms with van der Waals surface area (Å²) in [7, 11) is 0. The molecule has 1 saturated heterocycles. The van der Waals surface area contributed by atoms with Gasteiger partial charge in [-0.1, -0.05) is 11.6 Å². The van der Waals surface area contributed by atoms with Gasteiger partial charge in [0.05, 0.1) is 0 Å². The molecule has 0 aromatic heterocycles. The quantitative estimate of drug-likeness (QED) is 0.381. The number of allylic oxidation sites excluding steroid dienone is 1. The van der Waals surface area contributed by atoms with Crippen LogP contribution in [0.2, 0.25) is 0 Å². The van der Waals surface area contributed by atoms with Gasteiger partial charge in [-0.2, -0.15) is 0 Å². The molecule has 1 fully saturated rings. The maximum atomic E-state index is 12.0. The molecule has 12 nitrogen and oxygen atoms in total. The van der Waals surface area contributed by atoms with Crippen molar-refractivity contribution in [3.8, 4) is 0 Å². The lowest BCUT2D eigenvalue weighted by Gasteiger charge is -2.45. The SMILES string of the molecule is CC(=O)N[C@@H]1[C@H](OC2=C[C@@H]3OC(=O)C=C(C)[C@@H]3C=C2)O[C@H](COC(C)=O)[C@H](OC(C)=O)[C@H]1OC(C)=O. The summed E-state index contributed by atoms with van der Waals surface area (Å²) in [5.41, 5.74) is 0.827. The highest BCUT2D eigenvalue weighted by molar-refractivity contribution is 5.84. The van der Waals surface area contributed by atoms with E-state index in [-0.39, 0.29) is 18.3 Å². The summed E-state index contributed by atoms with van der Waals surface area (Å²) < 4.78 is 33.2. The molecular formula is C24H29NO11. The number of carbonyl (C=O) groups is 5. The van der Waals surface area contributed by atoms with E-state index in [0.717, 1.165) is 19.4 Å². The van der Waals surface area contributed by atoms with Crippen molar-refractivity contribution < 1.29 is 52.4 Å². The van der Waals surface area contributed by atoms with Crippen LogP contribution in [0.5, 0.6) is 0 Å². The van der Waals surface area contributed by atoms with Gasteiger partial charge < -0.3 is 33.7 Å². The lowest BCUT2D eigenvalue weighted by atomic mass is 9.88. The maximum absolute atomic E-state index is 12.0. The van der Waals surface area contributed by atoms with Gasteiger partial charge in [-0.15, -0.1) is 0 Å². The standard InChI is InChI=1S/C24H29NO11/c1-11-8-20(30)35-18-9-16(6-7-17(11)18)34-24-21(25-12(2)26)23(33-15(5)29)22(32-14(4)28)19(36-24)10-31-13(3)27/h6-9,17-19,21-24H,10H2,1-5H3,(H,25,26)/t17-,18-,19+,21-,22-,23-,24+/m0/s1. The van der Waals surface area contributed by atoms with Crippen molar-refractivity contribution in [2.75, 3.05) is 6.61 Å². The number of esters is 4. The molecule has 2 heterocycles. The van der Waals surface area contributed by atoms with Crippen molar-refractivity contribution in [3.63, 3.8) is 0 Å². The number of amides is 1. The van der Waals surface area contributed by atoms with Crippen LogP contribution < -0.4 is 5.32 Å². The lowest BCUT2D eigenvalue weighted by Crippen LogP contribution is -2.66. The molecule has 36 heavy (non-hydrogen) atoms. The Morgan fingerprint density at radius 2 is 1.67 bits per heavy atom. The minimum atomic E-state index is -1.27. The number of rotatable bonds is 7. The molecule has 1 N–H and O–H groups in total. The second-order valence-corrected chi connectivity index (χ2v) is 8.58. The van der Waals surface area contributed by atoms with Crippen LogP contribution in [-0.4, -0.2) is 73.1 Å². The Morgan fingerprint density at radius 1 is 1.00 bits per heavy atom. The third-order valence-electron chi connectivity index (χ3n) is 5.60. The normalized spacial score (nSPS) is 31.0. The first kappa shape index (κ1) is 26.9. The fourth-order valence-corrected chi connectivity index (χ4v) is 4.20. The minimum absolute atomic E-state index is 0.160. The predicted molar refractivity (Wildman–Crippen MR) is 119 cm³/mol. The Bertz CT molecular complexity index is 1010. The largest absolute Gasteiger partial charge is 0.463 e. The van der Waals surface area contributed by atoms with Crippen LogP contribution in [-0.2, 0) is 52.4 Å². The van der Waals surface area contributed by atoms with Crippen LogP contribution in [0.3, 0.4) is 0 Å². The third kappa shape index (κ3) is 6.72. The summed E-state index contributed by atoms with van der Waals surface area (Å²) in [6.07, 6.45) is 1.02. The molecule has 2 aliphatic heterocycles. The molecule has 3 rings (SSSR count). The first-order valence-electron chi connectivity index (χ1n) is 11.3. The second-order valence-electron chi connectivity index (χ2n) is 8.58. The molecule has 0 saturated carbocycles. The topological polar surface area (TPSA) is 153 Å². The summed E-state index contributed by atoms with van der Waals surface area (Å²) in [6.45, 7) is 6.21. The number of fused-ring (bicyclic) bond motifs is 1. The van der Waals surface area contributed by atoms with Crippen LogP contribution >= 0.6 is 0 Å². The lowest BCUT2D eigenvalue weighted by molar-refractivity contribution is -0.268. The molecule has 0 unspecified atom stereocenters. The van der Waals surface area contributed by atoms with Crippen LogP contribution in [0.1, 0.15) is 34.6 Å². The fourth-order valence-electron chi connectivity index (χ4n) is 4.20. The van der Waals surface area contributed by atoms with E-state index in [1.807, 2.05) is 6.92 Å². The van der Waals surface area contributed by atoms with Gasteiger partial charge in [0.25, 0.3) is 0 Å². The van der Waals surface area contributed by atoms with Crippen molar-refractivity contribution in [2.24, 2.45) is 5.92 Å². The number of nitrogens with one attached hydrogen (secondary N) is 1. The van der Waals surface area contributed by atoms with Crippen LogP contribution in [0, 0.1) is 5.92 Å². The summed E-state index contributed by atoms with van der Waals surface area (Å²) >= 11 is 0. The van der Waals surface area contributed by atoms with Gasteiger partial charge in [0.2, 0.25) is 12.2 Å². The average molecular weight is 507 g/mol. The van der Waals surface area contributed by atoms with Gasteiger partial charge >= 0.3 is 23.9 Å². The van der Waals surface area contributed by atoms with E-state index < -0.39 is 66.5 Å². The second kappa shape index (κ2) is 11.4. The Kier molecular flexibility index (Phi) is 8.51. The van der Waals surface area contributed by atoms with Crippen LogP contribution in [0.4, 0.5) is 0 Å². The molecule has 0 aromatic rings. The third-order valence-corrected chi connectivity index (χ3v) is 5.60. The smallest absolute Gasteiger partial charge is 0.331 e. The number of carbonyl (C=O) groups excluding carboxylic acids is 5. The molecule has 0 radical (unpaired) electrons. The predicted octanol–water partition coefficient (Wildman–Crippen LogP) is 0.601. The Balaban J connectivity index is 1.93. The Morgan fingerprint density at radius 3 is 2.28 bits per heavy atom. The van der Waals surface area contributed by atoms with Crippen LogP contribution in [0.25, 0.3) is 0 Å². The number of hydrogen-bond donors (Lipinski definition) is 1. The highest BCUT2D eigenvalue weighted by Gasteiger charge is 2.52. The van der Waals surface area contributed by atoms with Crippen molar-refractivity contribution in [1.29, 1.82) is 0 Å². The summed E-state index contributed by atoms with van der Waals surface area (Å²) in [5, 5.41) is 2.62. The molecule has 3 aliphatic rings. The van der Waals surface area contributed by atoms with E-state index in [1.165, 1.54) is 19.9 Å². The Labute approximate surface area is 207 Å². The molecular weight excluding hydrogens is 478 g/mol. The first-order chi connectivity index (χ1) is 16.9. The zero-order chi connectivity index (χ0) is 26.6. The summed E-state index contributed by atoms with van der Waals surface area (Å²) in [6, 6.07) is -1.12. The van der Waals surface area contributed by atoms with Gasteiger partial charge in [0.15, 0.2) is 12.2 Å². The van der Waals surface area contributed by atoms with E-state index in [9.17, 15) is 24.0 Å². The molecule has 7 atom stereocenters. The number of ether oxygens (including phenoxy) is 6. The molecule has 0 aromatic carbocycles.